The van der Waals surface area contributed by atoms with Gasteiger partial charge in [-0.25, -0.2) is 0 Å². The summed E-state index contributed by atoms with van der Waals surface area (Å²) >= 11 is 0. The normalized spacial score (nSPS) is 11.3. The molecule has 0 heterocycles. The number of benzene rings is 1. The Balaban J connectivity index is 2.96. The summed E-state index contributed by atoms with van der Waals surface area (Å²) in [4.78, 5) is 12.1. The number of nitrogens with one attached hydrogen (secondary N) is 1. The van der Waals surface area contributed by atoms with E-state index < -0.39 is 0 Å². The van der Waals surface area contributed by atoms with Crippen molar-refractivity contribution < 1.29 is 9.90 Å². The lowest BCUT2D eigenvalue weighted by atomic mass is 10.0. The Morgan fingerprint density at radius 2 is 2.22 bits per heavy atom. The van der Waals surface area contributed by atoms with E-state index in [2.05, 4.69) is 17.2 Å². The van der Waals surface area contributed by atoms with Crippen LogP contribution in [0.15, 0.2) is 18.2 Å². The maximum atomic E-state index is 12.1. The molecule has 0 fully saturated rings. The van der Waals surface area contributed by atoms with Crippen molar-refractivity contribution in [1.82, 2.24) is 5.32 Å². The van der Waals surface area contributed by atoms with Gasteiger partial charge in [-0.15, -0.1) is 0 Å². The Hall–Kier alpha value is -1.79. The predicted molar refractivity (Wildman–Crippen MR) is 72.4 cm³/mol. The molecule has 1 aromatic rings. The highest BCUT2D eigenvalue weighted by molar-refractivity contribution is 5.96. The van der Waals surface area contributed by atoms with Gasteiger partial charge in [0.2, 0.25) is 0 Å². The van der Waals surface area contributed by atoms with Crippen molar-refractivity contribution in [3.8, 4) is 11.8 Å². The van der Waals surface area contributed by atoms with Crippen LogP contribution in [-0.4, -0.2) is 23.7 Å². The fraction of sp³-hybridized carbons (Fsp3) is 0.400. The zero-order valence-electron chi connectivity index (χ0n) is 11.1. The van der Waals surface area contributed by atoms with Crippen LogP contribution in [0.1, 0.15) is 41.8 Å². The highest BCUT2D eigenvalue weighted by atomic mass is 16.2. The van der Waals surface area contributed by atoms with Crippen LogP contribution in [0.2, 0.25) is 0 Å². The van der Waals surface area contributed by atoms with Crippen molar-refractivity contribution in [2.75, 3.05) is 6.61 Å². The number of rotatable bonds is 3. The second-order valence-corrected chi connectivity index (χ2v) is 4.27. The van der Waals surface area contributed by atoms with Crippen LogP contribution in [0.25, 0.3) is 0 Å². The average Bonchev–Trinajstić information content (AvgIpc) is 2.37. The third-order valence-corrected chi connectivity index (χ3v) is 2.78. The number of hydrogen-bond donors (Lipinski definition) is 2. The van der Waals surface area contributed by atoms with E-state index in [1.807, 2.05) is 32.9 Å². The van der Waals surface area contributed by atoms with Crippen LogP contribution < -0.4 is 5.32 Å². The van der Waals surface area contributed by atoms with Crippen molar-refractivity contribution in [3.63, 3.8) is 0 Å². The third-order valence-electron chi connectivity index (χ3n) is 2.78. The van der Waals surface area contributed by atoms with Gasteiger partial charge in [0.15, 0.2) is 0 Å². The summed E-state index contributed by atoms with van der Waals surface area (Å²) in [6, 6.07) is 5.63. The molecule has 0 aliphatic heterocycles. The van der Waals surface area contributed by atoms with Crippen molar-refractivity contribution >= 4 is 5.91 Å². The first-order valence-corrected chi connectivity index (χ1v) is 6.09. The SMILES string of the molecule is CCC(C)NC(=O)c1cc(C#CCO)ccc1C. The van der Waals surface area contributed by atoms with Crippen LogP contribution in [-0.2, 0) is 0 Å². The van der Waals surface area contributed by atoms with Crippen molar-refractivity contribution in [1.29, 1.82) is 0 Å². The number of aliphatic hydroxyl groups is 1. The predicted octanol–water partition coefficient (Wildman–Crippen LogP) is 1.87. The standard InChI is InChI=1S/C15H19NO2/c1-4-12(3)16-15(18)14-10-13(6-5-9-17)8-7-11(14)2/h7-8,10,12,17H,4,9H2,1-3H3,(H,16,18). The Morgan fingerprint density at radius 3 is 2.83 bits per heavy atom. The van der Waals surface area contributed by atoms with E-state index in [4.69, 9.17) is 5.11 Å². The smallest absolute Gasteiger partial charge is 0.251 e. The molecule has 1 unspecified atom stereocenters. The molecule has 1 atom stereocenters. The summed E-state index contributed by atoms with van der Waals surface area (Å²) in [7, 11) is 0. The summed E-state index contributed by atoms with van der Waals surface area (Å²) in [5.74, 6) is 5.31. The summed E-state index contributed by atoms with van der Waals surface area (Å²) in [5.41, 5.74) is 2.30. The Bertz CT molecular complexity index is 483. The summed E-state index contributed by atoms with van der Waals surface area (Å²) < 4.78 is 0. The van der Waals surface area contributed by atoms with Gasteiger partial charge in [0.1, 0.15) is 6.61 Å². The molecule has 96 valence electrons. The van der Waals surface area contributed by atoms with E-state index in [0.717, 1.165) is 17.5 Å². The van der Waals surface area contributed by atoms with E-state index in [1.165, 1.54) is 0 Å². The minimum atomic E-state index is -0.178. The minimum Gasteiger partial charge on any atom is -0.384 e. The fourth-order valence-electron chi connectivity index (χ4n) is 1.49. The molecule has 3 heteroatoms. The first-order chi connectivity index (χ1) is 8.58. The zero-order chi connectivity index (χ0) is 13.5. The molecular formula is C15H19NO2. The van der Waals surface area contributed by atoms with Crippen LogP contribution in [0.5, 0.6) is 0 Å². The first-order valence-electron chi connectivity index (χ1n) is 6.09. The van der Waals surface area contributed by atoms with E-state index in [-0.39, 0.29) is 18.6 Å². The quantitative estimate of drug-likeness (QED) is 0.799. The summed E-state index contributed by atoms with van der Waals surface area (Å²) in [6.45, 7) is 5.72. The van der Waals surface area contributed by atoms with Crippen molar-refractivity contribution in [3.05, 3.63) is 34.9 Å². The molecule has 0 aliphatic rings. The number of carbonyl (C=O) groups excluding carboxylic acids is 1. The molecule has 18 heavy (non-hydrogen) atoms. The van der Waals surface area contributed by atoms with Gasteiger partial charge in [0.25, 0.3) is 5.91 Å². The molecule has 0 radical (unpaired) electrons. The maximum Gasteiger partial charge on any atom is 0.251 e. The largest absolute Gasteiger partial charge is 0.384 e. The lowest BCUT2D eigenvalue weighted by Crippen LogP contribution is -2.32. The number of amides is 1. The van der Waals surface area contributed by atoms with Crippen LogP contribution >= 0.6 is 0 Å². The Morgan fingerprint density at radius 1 is 1.50 bits per heavy atom. The third kappa shape index (κ3) is 3.90. The molecule has 0 aliphatic carbocycles. The van der Waals surface area contributed by atoms with E-state index >= 15 is 0 Å². The van der Waals surface area contributed by atoms with Gasteiger partial charge in [-0.3, -0.25) is 4.79 Å². The van der Waals surface area contributed by atoms with Gasteiger partial charge in [-0.05, 0) is 38.0 Å². The molecule has 1 rings (SSSR count). The number of aryl methyl sites for hydroxylation is 1. The highest BCUT2D eigenvalue weighted by Crippen LogP contribution is 2.11. The highest BCUT2D eigenvalue weighted by Gasteiger charge is 2.11. The molecule has 0 bridgehead atoms. The summed E-state index contributed by atoms with van der Waals surface area (Å²) in [6.07, 6.45) is 0.898. The van der Waals surface area contributed by atoms with Crippen LogP contribution in [0.3, 0.4) is 0 Å². The molecule has 0 aromatic heterocycles. The lowest BCUT2D eigenvalue weighted by Gasteiger charge is -2.13. The zero-order valence-corrected chi connectivity index (χ0v) is 11.1. The van der Waals surface area contributed by atoms with Gasteiger partial charge in [-0.2, -0.15) is 0 Å². The van der Waals surface area contributed by atoms with E-state index in [9.17, 15) is 4.79 Å². The fourth-order valence-corrected chi connectivity index (χ4v) is 1.49. The molecule has 1 amide bonds. The molecule has 2 N–H and O–H groups in total. The van der Waals surface area contributed by atoms with Crippen molar-refractivity contribution in [2.45, 2.75) is 33.2 Å². The van der Waals surface area contributed by atoms with Gasteiger partial charge >= 0.3 is 0 Å². The molecule has 0 saturated heterocycles. The first kappa shape index (κ1) is 14.3. The van der Waals surface area contributed by atoms with Gasteiger partial charge < -0.3 is 10.4 Å². The Kier molecular flexibility index (Phi) is 5.41. The minimum absolute atomic E-state index is 0.0745. The second-order valence-electron chi connectivity index (χ2n) is 4.27. The molecule has 0 saturated carbocycles. The molecule has 1 aromatic carbocycles. The van der Waals surface area contributed by atoms with Crippen LogP contribution in [0, 0.1) is 18.8 Å². The van der Waals surface area contributed by atoms with Crippen LogP contribution in [0.4, 0.5) is 0 Å². The van der Waals surface area contributed by atoms with Gasteiger partial charge in [0, 0.05) is 17.2 Å². The molecule has 0 spiro atoms. The maximum absolute atomic E-state index is 12.1. The van der Waals surface area contributed by atoms with Gasteiger partial charge in [-0.1, -0.05) is 24.8 Å². The monoisotopic (exact) mass is 245 g/mol. The van der Waals surface area contributed by atoms with Crippen molar-refractivity contribution in [2.24, 2.45) is 0 Å². The van der Waals surface area contributed by atoms with Gasteiger partial charge in [0.05, 0.1) is 0 Å². The van der Waals surface area contributed by atoms with E-state index in [0.29, 0.717) is 5.56 Å². The number of carbonyl (C=O) groups is 1. The Labute approximate surface area is 108 Å². The molecule has 3 nitrogen and oxygen atoms in total. The summed E-state index contributed by atoms with van der Waals surface area (Å²) in [5, 5.41) is 11.6. The molecular weight excluding hydrogens is 226 g/mol. The van der Waals surface area contributed by atoms with E-state index in [1.54, 1.807) is 6.07 Å². The second kappa shape index (κ2) is 6.83. The lowest BCUT2D eigenvalue weighted by molar-refractivity contribution is 0.0938. The average molecular weight is 245 g/mol. The topological polar surface area (TPSA) is 49.3 Å². The number of hydrogen-bond acceptors (Lipinski definition) is 2. The number of aliphatic hydroxyl groups excluding tert-OH is 1.